The molecular weight excluding hydrogens is 179 g/mol. The van der Waals surface area contributed by atoms with Crippen molar-refractivity contribution in [3.05, 3.63) is 36.0 Å². The number of fused-ring (bicyclic) bond motifs is 1. The van der Waals surface area contributed by atoms with E-state index in [9.17, 15) is 13.2 Å². The Morgan fingerprint density at radius 1 is 1.23 bits per heavy atom. The molecule has 0 fully saturated rings. The van der Waals surface area contributed by atoms with E-state index in [1.807, 2.05) is 0 Å². The van der Waals surface area contributed by atoms with E-state index in [4.69, 9.17) is 0 Å². The molecular formula is C9H5F3N. The molecule has 0 saturated carbocycles. The van der Waals surface area contributed by atoms with Gasteiger partial charge >= 0.3 is 6.18 Å². The second kappa shape index (κ2) is 2.52. The Kier molecular flexibility index (Phi) is 1.58. The summed E-state index contributed by atoms with van der Waals surface area (Å²) in [5, 5.41) is 0.523. The Morgan fingerprint density at radius 2 is 2.00 bits per heavy atom. The van der Waals surface area contributed by atoms with Crippen LogP contribution in [0.1, 0.15) is 5.56 Å². The Labute approximate surface area is 72.2 Å². The summed E-state index contributed by atoms with van der Waals surface area (Å²) in [4.78, 5) is 2.55. The smallest absolute Gasteiger partial charge is 0.361 e. The minimum Gasteiger partial charge on any atom is -0.361 e. The summed E-state index contributed by atoms with van der Waals surface area (Å²) >= 11 is 0. The Morgan fingerprint density at radius 3 is 2.69 bits per heavy atom. The molecule has 1 radical (unpaired) electrons. The molecule has 0 saturated heterocycles. The topological polar surface area (TPSA) is 15.8 Å². The molecule has 1 N–H and O–H groups in total. The second-order valence-electron chi connectivity index (χ2n) is 2.67. The summed E-state index contributed by atoms with van der Waals surface area (Å²) in [6, 6.07) is 6.50. The largest absolute Gasteiger partial charge is 0.418 e. The monoisotopic (exact) mass is 184 g/mol. The quantitative estimate of drug-likeness (QED) is 0.647. The standard InChI is InChI=1S/C9H5F3N/c10-9(11,12)7-3-1-2-6-4-5-13-8(6)7/h2-5,13H. The van der Waals surface area contributed by atoms with E-state index in [-0.39, 0.29) is 5.52 Å². The van der Waals surface area contributed by atoms with Crippen molar-refractivity contribution >= 4 is 10.9 Å². The third kappa shape index (κ3) is 1.28. The van der Waals surface area contributed by atoms with E-state index in [1.54, 1.807) is 6.07 Å². The highest BCUT2D eigenvalue weighted by atomic mass is 19.4. The fourth-order valence-corrected chi connectivity index (χ4v) is 1.25. The fourth-order valence-electron chi connectivity index (χ4n) is 1.25. The van der Waals surface area contributed by atoms with Crippen LogP contribution in [0.2, 0.25) is 0 Å². The number of aromatic nitrogens is 1. The number of aromatic amines is 1. The van der Waals surface area contributed by atoms with Crippen LogP contribution in [0, 0.1) is 6.07 Å². The molecule has 1 nitrogen and oxygen atoms in total. The zero-order valence-electron chi connectivity index (χ0n) is 6.44. The van der Waals surface area contributed by atoms with Gasteiger partial charge in [-0.25, -0.2) is 0 Å². The third-order valence-corrected chi connectivity index (χ3v) is 1.82. The zero-order valence-corrected chi connectivity index (χ0v) is 6.44. The van der Waals surface area contributed by atoms with Crippen LogP contribution in [0.25, 0.3) is 10.9 Å². The molecule has 0 aliphatic rings. The molecule has 0 aliphatic heterocycles. The lowest BCUT2D eigenvalue weighted by Crippen LogP contribution is -2.05. The predicted molar refractivity (Wildman–Crippen MR) is 42.1 cm³/mol. The van der Waals surface area contributed by atoms with E-state index >= 15 is 0 Å². The van der Waals surface area contributed by atoms with E-state index in [0.29, 0.717) is 5.39 Å². The van der Waals surface area contributed by atoms with Crippen LogP contribution in [0.5, 0.6) is 0 Å². The van der Waals surface area contributed by atoms with Gasteiger partial charge in [0, 0.05) is 11.6 Å². The van der Waals surface area contributed by atoms with Gasteiger partial charge in [0.15, 0.2) is 0 Å². The van der Waals surface area contributed by atoms with Crippen LogP contribution < -0.4 is 0 Å². The van der Waals surface area contributed by atoms with Gasteiger partial charge in [0.25, 0.3) is 0 Å². The van der Waals surface area contributed by atoms with Gasteiger partial charge in [-0.05, 0) is 24.3 Å². The van der Waals surface area contributed by atoms with Crippen molar-refractivity contribution in [2.75, 3.05) is 0 Å². The Bertz CT molecular complexity index is 428. The van der Waals surface area contributed by atoms with Crippen molar-refractivity contribution in [1.29, 1.82) is 0 Å². The normalized spacial score (nSPS) is 12.2. The fraction of sp³-hybridized carbons (Fsp3) is 0.111. The minimum atomic E-state index is -4.32. The number of alkyl halides is 3. The lowest BCUT2D eigenvalue weighted by Gasteiger charge is -2.06. The van der Waals surface area contributed by atoms with Gasteiger partial charge in [0.1, 0.15) is 0 Å². The maximum Gasteiger partial charge on any atom is 0.418 e. The third-order valence-electron chi connectivity index (χ3n) is 1.82. The van der Waals surface area contributed by atoms with Gasteiger partial charge in [0.2, 0.25) is 0 Å². The van der Waals surface area contributed by atoms with Gasteiger partial charge < -0.3 is 4.98 Å². The molecule has 1 aromatic carbocycles. The SMILES string of the molecule is FC(F)(F)c1c[c]cc2cc[nH]c12. The van der Waals surface area contributed by atoms with Crippen molar-refractivity contribution in [3.63, 3.8) is 0 Å². The number of halogens is 3. The molecule has 13 heavy (non-hydrogen) atoms. The highest BCUT2D eigenvalue weighted by Gasteiger charge is 2.32. The number of nitrogens with one attached hydrogen (secondary N) is 1. The van der Waals surface area contributed by atoms with Crippen LogP contribution in [-0.4, -0.2) is 4.98 Å². The summed E-state index contributed by atoms with van der Waals surface area (Å²) in [5.41, 5.74) is -0.554. The van der Waals surface area contributed by atoms with Gasteiger partial charge in [-0.2, -0.15) is 13.2 Å². The summed E-state index contributed by atoms with van der Waals surface area (Å²) in [6.07, 6.45) is -2.84. The highest BCUT2D eigenvalue weighted by molar-refractivity contribution is 5.82. The molecule has 0 aliphatic carbocycles. The van der Waals surface area contributed by atoms with Gasteiger partial charge in [-0.3, -0.25) is 0 Å². The van der Waals surface area contributed by atoms with Crippen LogP contribution in [0.3, 0.4) is 0 Å². The summed E-state index contributed by atoms with van der Waals surface area (Å²) < 4.78 is 37.1. The number of rotatable bonds is 0. The van der Waals surface area contributed by atoms with Crippen LogP contribution in [-0.2, 0) is 6.18 Å². The van der Waals surface area contributed by atoms with Gasteiger partial charge in [-0.1, -0.05) is 0 Å². The molecule has 2 rings (SSSR count). The van der Waals surface area contributed by atoms with Crippen molar-refractivity contribution in [3.8, 4) is 0 Å². The maximum absolute atomic E-state index is 12.4. The van der Waals surface area contributed by atoms with Crippen LogP contribution in [0.4, 0.5) is 13.2 Å². The van der Waals surface area contributed by atoms with Gasteiger partial charge in [0.05, 0.1) is 11.1 Å². The molecule has 67 valence electrons. The first-order chi connectivity index (χ1) is 6.09. The van der Waals surface area contributed by atoms with E-state index in [0.717, 1.165) is 6.07 Å². The zero-order chi connectivity index (χ0) is 9.47. The van der Waals surface area contributed by atoms with Crippen molar-refractivity contribution in [2.45, 2.75) is 6.18 Å². The van der Waals surface area contributed by atoms with Gasteiger partial charge in [-0.15, -0.1) is 0 Å². The molecule has 0 atom stereocenters. The van der Waals surface area contributed by atoms with Crippen LogP contribution >= 0.6 is 0 Å². The summed E-state index contributed by atoms with van der Waals surface area (Å²) in [5.74, 6) is 0. The minimum absolute atomic E-state index is 0.117. The number of benzene rings is 1. The molecule has 1 heterocycles. The van der Waals surface area contributed by atoms with E-state index in [2.05, 4.69) is 11.1 Å². The average molecular weight is 184 g/mol. The maximum atomic E-state index is 12.4. The van der Waals surface area contributed by atoms with Crippen molar-refractivity contribution < 1.29 is 13.2 Å². The number of hydrogen-bond donors (Lipinski definition) is 1. The van der Waals surface area contributed by atoms with Crippen molar-refractivity contribution in [1.82, 2.24) is 4.98 Å². The summed E-state index contributed by atoms with van der Waals surface area (Å²) in [7, 11) is 0. The Hall–Kier alpha value is -1.45. The molecule has 0 bridgehead atoms. The van der Waals surface area contributed by atoms with Crippen LogP contribution in [0.15, 0.2) is 24.4 Å². The lowest BCUT2D eigenvalue weighted by atomic mass is 10.1. The lowest BCUT2D eigenvalue weighted by molar-refractivity contribution is -0.136. The second-order valence-corrected chi connectivity index (χ2v) is 2.67. The average Bonchev–Trinajstić information content (AvgIpc) is 2.48. The number of hydrogen-bond acceptors (Lipinski definition) is 0. The first-order valence-corrected chi connectivity index (χ1v) is 3.63. The molecule has 1 aromatic heterocycles. The molecule has 0 amide bonds. The van der Waals surface area contributed by atoms with E-state index in [1.165, 1.54) is 12.3 Å². The first-order valence-electron chi connectivity index (χ1n) is 3.63. The molecule has 2 aromatic rings. The summed E-state index contributed by atoms with van der Waals surface area (Å²) in [6.45, 7) is 0. The molecule has 0 unspecified atom stereocenters. The Balaban J connectivity index is 2.75. The number of H-pyrrole nitrogens is 1. The van der Waals surface area contributed by atoms with Crippen molar-refractivity contribution in [2.24, 2.45) is 0 Å². The first kappa shape index (κ1) is 8.16. The predicted octanol–water partition coefficient (Wildman–Crippen LogP) is 2.99. The molecule has 0 spiro atoms. The molecule has 4 heteroatoms. The van der Waals surface area contributed by atoms with E-state index < -0.39 is 11.7 Å². The highest BCUT2D eigenvalue weighted by Crippen LogP contribution is 2.33.